The Kier molecular flexibility index (Phi) is 6.45. The first kappa shape index (κ1) is 21.8. The van der Waals surface area contributed by atoms with Crippen LogP contribution in [0.1, 0.15) is 36.1 Å². The van der Waals surface area contributed by atoms with Gasteiger partial charge < -0.3 is 15.3 Å². The van der Waals surface area contributed by atoms with Crippen molar-refractivity contribution in [3.05, 3.63) is 65.2 Å². The zero-order valence-corrected chi connectivity index (χ0v) is 16.4. The standard InChI is InChI=1S/C22H23F3N2O3/c1-2-14-7-9-16(10-8-14)27-13-15(11-20(27)29)21(30)26-12-19(28)17-5-3-4-6-18(17)22(23,24)25/h3-10,15,19,28H,2,11-13H2,1H3,(H,26,30). The molecule has 0 bridgehead atoms. The van der Waals surface area contributed by atoms with Crippen LogP contribution in [0.4, 0.5) is 18.9 Å². The topological polar surface area (TPSA) is 69.6 Å². The van der Waals surface area contributed by atoms with Gasteiger partial charge in [0.15, 0.2) is 0 Å². The highest BCUT2D eigenvalue weighted by atomic mass is 19.4. The average molecular weight is 420 g/mol. The minimum absolute atomic E-state index is 0.0105. The van der Waals surface area contributed by atoms with Crippen LogP contribution in [0.5, 0.6) is 0 Å². The van der Waals surface area contributed by atoms with Crippen LogP contribution >= 0.6 is 0 Å². The fourth-order valence-corrected chi connectivity index (χ4v) is 3.54. The Morgan fingerprint density at radius 3 is 2.50 bits per heavy atom. The molecule has 2 atom stereocenters. The third kappa shape index (κ3) is 4.81. The van der Waals surface area contributed by atoms with Crippen LogP contribution in [0.2, 0.25) is 0 Å². The maximum Gasteiger partial charge on any atom is 0.416 e. The highest BCUT2D eigenvalue weighted by molar-refractivity contribution is 6.00. The minimum atomic E-state index is -4.60. The molecule has 2 N–H and O–H groups in total. The van der Waals surface area contributed by atoms with Crippen molar-refractivity contribution >= 4 is 17.5 Å². The number of aryl methyl sites for hydroxylation is 1. The Morgan fingerprint density at radius 1 is 1.20 bits per heavy atom. The normalized spacial score (nSPS) is 17.8. The molecule has 1 aliphatic heterocycles. The van der Waals surface area contributed by atoms with Gasteiger partial charge in [-0.25, -0.2) is 0 Å². The quantitative estimate of drug-likeness (QED) is 0.752. The number of nitrogens with one attached hydrogen (secondary N) is 1. The largest absolute Gasteiger partial charge is 0.416 e. The second-order valence-corrected chi connectivity index (χ2v) is 7.27. The van der Waals surface area contributed by atoms with Crippen LogP contribution in [0.25, 0.3) is 0 Å². The SMILES string of the molecule is CCc1ccc(N2CC(C(=O)NCC(O)c3ccccc3C(F)(F)F)CC2=O)cc1. The number of halogens is 3. The van der Waals surface area contributed by atoms with Crippen molar-refractivity contribution in [1.29, 1.82) is 0 Å². The van der Waals surface area contributed by atoms with E-state index >= 15 is 0 Å². The van der Waals surface area contributed by atoms with Crippen LogP contribution < -0.4 is 10.2 Å². The summed E-state index contributed by atoms with van der Waals surface area (Å²) in [5, 5.41) is 12.7. The number of aliphatic hydroxyl groups excluding tert-OH is 1. The third-order valence-corrected chi connectivity index (χ3v) is 5.25. The Labute approximate surface area is 172 Å². The number of hydrogen-bond acceptors (Lipinski definition) is 3. The van der Waals surface area contributed by atoms with Crippen LogP contribution in [-0.2, 0) is 22.2 Å². The fourth-order valence-electron chi connectivity index (χ4n) is 3.54. The van der Waals surface area contributed by atoms with Crippen LogP contribution in [0, 0.1) is 5.92 Å². The molecular weight excluding hydrogens is 397 g/mol. The van der Waals surface area contributed by atoms with Gasteiger partial charge in [0.25, 0.3) is 0 Å². The van der Waals surface area contributed by atoms with Crippen molar-refractivity contribution in [2.75, 3.05) is 18.0 Å². The Morgan fingerprint density at radius 2 is 1.87 bits per heavy atom. The first-order chi connectivity index (χ1) is 14.2. The number of anilines is 1. The predicted molar refractivity (Wildman–Crippen MR) is 106 cm³/mol. The van der Waals surface area contributed by atoms with Gasteiger partial charge in [0.2, 0.25) is 11.8 Å². The first-order valence-electron chi connectivity index (χ1n) is 9.72. The highest BCUT2D eigenvalue weighted by Crippen LogP contribution is 2.34. The van der Waals surface area contributed by atoms with Gasteiger partial charge in [-0.3, -0.25) is 9.59 Å². The number of rotatable bonds is 6. The molecule has 2 amide bonds. The van der Waals surface area contributed by atoms with E-state index in [-0.39, 0.29) is 31.0 Å². The number of carbonyl (C=O) groups is 2. The zero-order chi connectivity index (χ0) is 21.9. The third-order valence-electron chi connectivity index (χ3n) is 5.25. The van der Waals surface area contributed by atoms with Crippen molar-refractivity contribution in [2.24, 2.45) is 5.92 Å². The fraction of sp³-hybridized carbons (Fsp3) is 0.364. The van der Waals surface area contributed by atoms with E-state index in [2.05, 4.69) is 5.32 Å². The summed E-state index contributed by atoms with van der Waals surface area (Å²) in [6.07, 6.45) is -5.23. The molecule has 0 saturated carbocycles. The highest BCUT2D eigenvalue weighted by Gasteiger charge is 2.37. The Bertz CT molecular complexity index is 913. The van der Waals surface area contributed by atoms with E-state index in [4.69, 9.17) is 0 Å². The summed E-state index contributed by atoms with van der Waals surface area (Å²) >= 11 is 0. The van der Waals surface area contributed by atoms with Crippen LogP contribution in [-0.4, -0.2) is 30.0 Å². The summed E-state index contributed by atoms with van der Waals surface area (Å²) in [5.41, 5.74) is 0.592. The average Bonchev–Trinajstić information content (AvgIpc) is 3.13. The molecule has 0 radical (unpaired) electrons. The molecule has 1 saturated heterocycles. The molecule has 5 nitrogen and oxygen atoms in total. The maximum absolute atomic E-state index is 13.1. The molecule has 2 aromatic carbocycles. The number of aliphatic hydroxyl groups is 1. The second-order valence-electron chi connectivity index (χ2n) is 7.27. The number of nitrogens with zero attached hydrogens (tertiary/aromatic N) is 1. The summed E-state index contributed by atoms with van der Waals surface area (Å²) < 4.78 is 39.3. The van der Waals surface area contributed by atoms with Gasteiger partial charge in [0.1, 0.15) is 0 Å². The van der Waals surface area contributed by atoms with E-state index in [9.17, 15) is 27.9 Å². The summed E-state index contributed by atoms with van der Waals surface area (Å²) in [4.78, 5) is 26.3. The molecule has 0 aliphatic carbocycles. The van der Waals surface area contributed by atoms with Gasteiger partial charge in [-0.15, -0.1) is 0 Å². The molecule has 1 aliphatic rings. The minimum Gasteiger partial charge on any atom is -0.387 e. The van der Waals surface area contributed by atoms with Crippen LogP contribution in [0.15, 0.2) is 48.5 Å². The predicted octanol–water partition coefficient (Wildman–Crippen LogP) is 3.47. The number of alkyl halides is 3. The molecular formula is C22H23F3N2O3. The van der Waals surface area contributed by atoms with Crippen molar-refractivity contribution in [3.8, 4) is 0 Å². The Balaban J connectivity index is 1.61. The number of carbonyl (C=O) groups excluding carboxylic acids is 2. The molecule has 1 fully saturated rings. The molecule has 8 heteroatoms. The van der Waals surface area contributed by atoms with E-state index in [1.165, 1.54) is 23.1 Å². The van der Waals surface area contributed by atoms with E-state index in [1.807, 2.05) is 31.2 Å². The number of benzene rings is 2. The molecule has 1 heterocycles. The Hall–Kier alpha value is -2.87. The van der Waals surface area contributed by atoms with Gasteiger partial charge in [-0.05, 0) is 35.7 Å². The molecule has 3 rings (SSSR count). The molecule has 0 spiro atoms. The lowest BCUT2D eigenvalue weighted by Gasteiger charge is -2.19. The summed E-state index contributed by atoms with van der Waals surface area (Å²) in [6.45, 7) is 1.84. The van der Waals surface area contributed by atoms with E-state index in [1.54, 1.807) is 0 Å². The summed E-state index contributed by atoms with van der Waals surface area (Å²) in [7, 11) is 0. The van der Waals surface area contributed by atoms with Gasteiger partial charge in [0.05, 0.1) is 17.6 Å². The van der Waals surface area contributed by atoms with Gasteiger partial charge in [-0.1, -0.05) is 37.3 Å². The van der Waals surface area contributed by atoms with Crippen molar-refractivity contribution < 1.29 is 27.9 Å². The lowest BCUT2D eigenvalue weighted by molar-refractivity contribution is -0.139. The molecule has 2 aromatic rings. The van der Waals surface area contributed by atoms with Gasteiger partial charge in [0, 0.05) is 25.2 Å². The van der Waals surface area contributed by atoms with Gasteiger partial charge >= 0.3 is 6.18 Å². The lowest BCUT2D eigenvalue weighted by atomic mass is 10.0. The van der Waals surface area contributed by atoms with E-state index in [0.717, 1.165) is 18.1 Å². The van der Waals surface area contributed by atoms with Crippen molar-refractivity contribution in [1.82, 2.24) is 5.32 Å². The molecule has 2 unspecified atom stereocenters. The zero-order valence-electron chi connectivity index (χ0n) is 16.4. The van der Waals surface area contributed by atoms with E-state index in [0.29, 0.717) is 5.69 Å². The van der Waals surface area contributed by atoms with E-state index < -0.39 is 29.7 Å². The maximum atomic E-state index is 13.1. The monoisotopic (exact) mass is 420 g/mol. The van der Waals surface area contributed by atoms with Gasteiger partial charge in [-0.2, -0.15) is 13.2 Å². The second kappa shape index (κ2) is 8.87. The smallest absolute Gasteiger partial charge is 0.387 e. The molecule has 30 heavy (non-hydrogen) atoms. The van der Waals surface area contributed by atoms with Crippen molar-refractivity contribution in [3.63, 3.8) is 0 Å². The number of hydrogen-bond donors (Lipinski definition) is 2. The molecule has 160 valence electrons. The number of amides is 2. The van der Waals surface area contributed by atoms with Crippen LogP contribution in [0.3, 0.4) is 0 Å². The summed E-state index contributed by atoms with van der Waals surface area (Å²) in [5.74, 6) is -1.30. The van der Waals surface area contributed by atoms with Crippen molar-refractivity contribution in [2.45, 2.75) is 32.0 Å². The lowest BCUT2D eigenvalue weighted by Crippen LogP contribution is -2.35. The first-order valence-corrected chi connectivity index (χ1v) is 9.72. The summed E-state index contributed by atoms with van der Waals surface area (Å²) in [6, 6.07) is 12.2. The molecule has 0 aromatic heterocycles.